The number of ketones is 1. The van der Waals surface area contributed by atoms with E-state index in [0.29, 0.717) is 23.6 Å². The highest BCUT2D eigenvalue weighted by Gasteiger charge is 2.15. The van der Waals surface area contributed by atoms with E-state index in [-0.39, 0.29) is 11.7 Å². The zero-order valence-corrected chi connectivity index (χ0v) is 14.6. The summed E-state index contributed by atoms with van der Waals surface area (Å²) in [6.07, 6.45) is 2.57. The number of benzene rings is 1. The molecule has 1 aliphatic rings. The Hall–Kier alpha value is -1.33. The lowest BCUT2D eigenvalue weighted by Gasteiger charge is -2.30. The van der Waals surface area contributed by atoms with Crippen molar-refractivity contribution >= 4 is 23.5 Å². The number of thioether (sulfide) groups is 1. The monoisotopic (exact) mass is 334 g/mol. The maximum Gasteiger partial charge on any atom is 0.230 e. The van der Waals surface area contributed by atoms with E-state index < -0.39 is 0 Å². The number of hydrogen-bond acceptors (Lipinski definition) is 4. The smallest absolute Gasteiger partial charge is 0.230 e. The van der Waals surface area contributed by atoms with Crippen molar-refractivity contribution in [2.45, 2.75) is 19.8 Å². The van der Waals surface area contributed by atoms with Crippen molar-refractivity contribution in [3.63, 3.8) is 0 Å². The van der Waals surface area contributed by atoms with Crippen molar-refractivity contribution in [3.8, 4) is 0 Å². The summed E-state index contributed by atoms with van der Waals surface area (Å²) >= 11 is 1.38. The molecule has 0 spiro atoms. The first-order chi connectivity index (χ1) is 11.1. The predicted molar refractivity (Wildman–Crippen MR) is 95.9 cm³/mol. The number of amides is 1. The van der Waals surface area contributed by atoms with Gasteiger partial charge in [0, 0.05) is 25.2 Å². The standard InChI is InChI=1S/C18H26N2O2S/c1-15-6-5-10-20(12-15)11-9-19-18(22)14-23-13-17(21)16-7-3-2-4-8-16/h2-4,7-8,15H,5-6,9-14H2,1H3,(H,19,22)/t15-/m0/s1. The average molecular weight is 334 g/mol. The molecule has 23 heavy (non-hydrogen) atoms. The van der Waals surface area contributed by atoms with Gasteiger partial charge in [-0.25, -0.2) is 0 Å². The van der Waals surface area contributed by atoms with Gasteiger partial charge in [-0.2, -0.15) is 0 Å². The van der Waals surface area contributed by atoms with E-state index in [2.05, 4.69) is 17.1 Å². The van der Waals surface area contributed by atoms with Crippen molar-refractivity contribution in [3.05, 3.63) is 35.9 Å². The van der Waals surface area contributed by atoms with Crippen LogP contribution in [0, 0.1) is 5.92 Å². The van der Waals surface area contributed by atoms with Crippen molar-refractivity contribution in [2.75, 3.05) is 37.7 Å². The summed E-state index contributed by atoms with van der Waals surface area (Å²) in [6.45, 7) is 6.17. The highest BCUT2D eigenvalue weighted by molar-refractivity contribution is 8.00. The number of likely N-dealkylation sites (tertiary alicyclic amines) is 1. The lowest BCUT2D eigenvalue weighted by atomic mass is 10.0. The third-order valence-corrected chi connectivity index (χ3v) is 4.99. The van der Waals surface area contributed by atoms with Crippen molar-refractivity contribution in [2.24, 2.45) is 5.92 Å². The van der Waals surface area contributed by atoms with Crippen LogP contribution in [-0.4, -0.2) is 54.3 Å². The summed E-state index contributed by atoms with van der Waals surface area (Å²) in [5.74, 6) is 1.54. The number of rotatable bonds is 8. The number of Topliss-reactive ketones (excluding diaryl/α,β-unsaturated/α-hetero) is 1. The molecule has 1 heterocycles. The van der Waals surface area contributed by atoms with E-state index in [9.17, 15) is 9.59 Å². The highest BCUT2D eigenvalue weighted by Crippen LogP contribution is 2.14. The number of piperidine rings is 1. The van der Waals surface area contributed by atoms with E-state index in [1.54, 1.807) is 0 Å². The van der Waals surface area contributed by atoms with Gasteiger partial charge in [0.05, 0.1) is 11.5 Å². The first-order valence-corrected chi connectivity index (χ1v) is 9.45. The summed E-state index contributed by atoms with van der Waals surface area (Å²) in [5.41, 5.74) is 0.708. The molecule has 0 aromatic heterocycles. The summed E-state index contributed by atoms with van der Waals surface area (Å²) in [6, 6.07) is 9.21. The van der Waals surface area contributed by atoms with Crippen LogP contribution >= 0.6 is 11.8 Å². The molecule has 5 heteroatoms. The fraction of sp³-hybridized carbons (Fsp3) is 0.556. The van der Waals surface area contributed by atoms with Crippen LogP contribution in [0.25, 0.3) is 0 Å². The molecule has 1 saturated heterocycles. The van der Waals surface area contributed by atoms with Crippen LogP contribution in [0.4, 0.5) is 0 Å². The SMILES string of the molecule is C[C@H]1CCCN(CCNC(=O)CSCC(=O)c2ccccc2)C1. The molecule has 1 aromatic carbocycles. The molecule has 0 aliphatic carbocycles. The molecule has 0 unspecified atom stereocenters. The highest BCUT2D eigenvalue weighted by atomic mass is 32.2. The number of nitrogens with zero attached hydrogens (tertiary/aromatic N) is 1. The Morgan fingerprint density at radius 2 is 2.04 bits per heavy atom. The van der Waals surface area contributed by atoms with Crippen LogP contribution in [0.2, 0.25) is 0 Å². The number of hydrogen-bond donors (Lipinski definition) is 1. The lowest BCUT2D eigenvalue weighted by molar-refractivity contribution is -0.118. The Morgan fingerprint density at radius 1 is 1.26 bits per heavy atom. The van der Waals surface area contributed by atoms with Crippen LogP contribution in [0.5, 0.6) is 0 Å². The Labute approximate surface area is 143 Å². The van der Waals surface area contributed by atoms with Gasteiger partial charge >= 0.3 is 0 Å². The molecule has 1 aliphatic heterocycles. The molecule has 0 saturated carbocycles. The summed E-state index contributed by atoms with van der Waals surface area (Å²) in [4.78, 5) is 26.1. The molecular weight excluding hydrogens is 308 g/mol. The summed E-state index contributed by atoms with van der Waals surface area (Å²) < 4.78 is 0. The van der Waals surface area contributed by atoms with Crippen LogP contribution < -0.4 is 5.32 Å². The largest absolute Gasteiger partial charge is 0.354 e. The van der Waals surface area contributed by atoms with Crippen LogP contribution in [0.3, 0.4) is 0 Å². The normalized spacial score (nSPS) is 18.6. The Morgan fingerprint density at radius 3 is 2.78 bits per heavy atom. The van der Waals surface area contributed by atoms with Gasteiger partial charge in [-0.1, -0.05) is 37.3 Å². The zero-order chi connectivity index (χ0) is 16.5. The third-order valence-electron chi connectivity index (χ3n) is 4.05. The van der Waals surface area contributed by atoms with Crippen molar-refractivity contribution < 1.29 is 9.59 Å². The fourth-order valence-corrected chi connectivity index (χ4v) is 3.58. The fourth-order valence-electron chi connectivity index (χ4n) is 2.84. The predicted octanol–water partition coefficient (Wildman–Crippen LogP) is 2.45. The van der Waals surface area contributed by atoms with Gasteiger partial charge in [0.2, 0.25) is 5.91 Å². The molecule has 2 rings (SSSR count). The quantitative estimate of drug-likeness (QED) is 0.742. The molecule has 1 amide bonds. The van der Waals surface area contributed by atoms with Crippen LogP contribution in [0.15, 0.2) is 30.3 Å². The van der Waals surface area contributed by atoms with Crippen molar-refractivity contribution in [1.29, 1.82) is 0 Å². The van der Waals surface area contributed by atoms with Gasteiger partial charge in [-0.05, 0) is 25.3 Å². The first kappa shape index (κ1) is 18.0. The molecule has 0 radical (unpaired) electrons. The lowest BCUT2D eigenvalue weighted by Crippen LogP contribution is -2.40. The van der Waals surface area contributed by atoms with Crippen molar-refractivity contribution in [1.82, 2.24) is 10.2 Å². The third kappa shape index (κ3) is 6.75. The second-order valence-electron chi connectivity index (χ2n) is 6.18. The Kier molecular flexibility index (Phi) is 7.62. The van der Waals surface area contributed by atoms with E-state index in [0.717, 1.165) is 25.6 Å². The van der Waals surface area contributed by atoms with E-state index in [1.165, 1.54) is 24.6 Å². The summed E-state index contributed by atoms with van der Waals surface area (Å²) in [5, 5.41) is 2.95. The topological polar surface area (TPSA) is 49.4 Å². The maximum absolute atomic E-state index is 11.9. The summed E-state index contributed by atoms with van der Waals surface area (Å²) in [7, 11) is 0. The minimum atomic E-state index is 0.0147. The van der Waals surface area contributed by atoms with Crippen LogP contribution in [0.1, 0.15) is 30.1 Å². The van der Waals surface area contributed by atoms with Gasteiger partial charge in [0.15, 0.2) is 5.78 Å². The van der Waals surface area contributed by atoms with Gasteiger partial charge in [0.1, 0.15) is 0 Å². The average Bonchev–Trinajstić information content (AvgIpc) is 2.55. The van der Waals surface area contributed by atoms with E-state index in [1.807, 2.05) is 30.3 Å². The molecule has 126 valence electrons. The molecule has 1 N–H and O–H groups in total. The maximum atomic E-state index is 11.9. The second kappa shape index (κ2) is 9.73. The molecule has 0 bridgehead atoms. The number of nitrogens with one attached hydrogen (secondary N) is 1. The zero-order valence-electron chi connectivity index (χ0n) is 13.8. The minimum Gasteiger partial charge on any atom is -0.354 e. The minimum absolute atomic E-state index is 0.0147. The molecular formula is C18H26N2O2S. The van der Waals surface area contributed by atoms with E-state index >= 15 is 0 Å². The molecule has 4 nitrogen and oxygen atoms in total. The second-order valence-corrected chi connectivity index (χ2v) is 7.17. The molecule has 1 aromatic rings. The first-order valence-electron chi connectivity index (χ1n) is 8.30. The van der Waals surface area contributed by atoms with Gasteiger partial charge in [0.25, 0.3) is 0 Å². The molecule has 1 atom stereocenters. The number of carbonyl (C=O) groups excluding carboxylic acids is 2. The van der Waals surface area contributed by atoms with Crippen LogP contribution in [-0.2, 0) is 4.79 Å². The van der Waals surface area contributed by atoms with Gasteiger partial charge in [-0.3, -0.25) is 9.59 Å². The van der Waals surface area contributed by atoms with Gasteiger partial charge < -0.3 is 10.2 Å². The van der Waals surface area contributed by atoms with E-state index in [4.69, 9.17) is 0 Å². The molecule has 1 fully saturated rings. The van der Waals surface area contributed by atoms with Gasteiger partial charge in [-0.15, -0.1) is 11.8 Å². The Bertz CT molecular complexity index is 507. The number of carbonyl (C=O) groups is 2. The Balaban J connectivity index is 1.56.